The van der Waals surface area contributed by atoms with Gasteiger partial charge in [-0.25, -0.2) is 4.98 Å². The highest BCUT2D eigenvalue weighted by Crippen LogP contribution is 2.30. The molecule has 0 aliphatic rings. The third kappa shape index (κ3) is 3.51. The molecule has 4 rings (SSSR count). The molecule has 5 heteroatoms. The minimum atomic E-state index is 0.176. The van der Waals surface area contributed by atoms with Crippen molar-refractivity contribution in [2.45, 2.75) is 13.8 Å². The fourth-order valence-corrected chi connectivity index (χ4v) is 3.52. The third-order valence-electron chi connectivity index (χ3n) is 4.30. The molecule has 0 radical (unpaired) electrons. The number of benzene rings is 3. The van der Waals surface area contributed by atoms with Crippen molar-refractivity contribution in [3.63, 3.8) is 0 Å². The summed E-state index contributed by atoms with van der Waals surface area (Å²) in [5.41, 5.74) is 6.03. The van der Waals surface area contributed by atoms with Crippen LogP contribution in [0.25, 0.3) is 22.6 Å². The first-order valence-corrected chi connectivity index (χ1v) is 9.30. The summed E-state index contributed by atoms with van der Waals surface area (Å²) >= 11 is 3.36. The number of phenolic OH excluding ortho intramolecular Hbond substituents is 1. The minimum absolute atomic E-state index is 0.176. The van der Waals surface area contributed by atoms with Gasteiger partial charge in [0.25, 0.3) is 0 Å². The number of fused-ring (bicyclic) bond motifs is 1. The summed E-state index contributed by atoms with van der Waals surface area (Å²) in [6.45, 7) is 3.99. The van der Waals surface area contributed by atoms with Gasteiger partial charge in [0.05, 0.1) is 10.2 Å². The van der Waals surface area contributed by atoms with E-state index in [-0.39, 0.29) is 5.75 Å². The molecule has 4 aromatic rings. The lowest BCUT2D eigenvalue weighted by molar-refractivity contribution is 0.471. The molecule has 0 bridgehead atoms. The Hall–Kier alpha value is -2.92. The predicted molar refractivity (Wildman–Crippen MR) is 112 cm³/mol. The van der Waals surface area contributed by atoms with E-state index < -0.39 is 0 Å². The number of halogens is 1. The zero-order valence-electron chi connectivity index (χ0n) is 14.9. The van der Waals surface area contributed by atoms with Gasteiger partial charge in [0.2, 0.25) is 5.89 Å². The molecule has 0 unspecified atom stereocenters. The second-order valence-electron chi connectivity index (χ2n) is 6.43. The summed E-state index contributed by atoms with van der Waals surface area (Å²) in [5, 5.41) is 10.2. The molecule has 1 N–H and O–H groups in total. The molecule has 3 aromatic carbocycles. The van der Waals surface area contributed by atoms with Crippen LogP contribution in [0.5, 0.6) is 5.75 Å². The molecule has 0 aliphatic heterocycles. The lowest BCUT2D eigenvalue weighted by Gasteiger charge is -2.04. The second kappa shape index (κ2) is 7.00. The van der Waals surface area contributed by atoms with Gasteiger partial charge in [0.15, 0.2) is 5.58 Å². The Balaban J connectivity index is 1.69. The lowest BCUT2D eigenvalue weighted by Crippen LogP contribution is -1.86. The SMILES string of the molecule is Cc1cc(Br)c(O)c(C=Nc2cccc(-c3nc4c(C)cccc4o3)c2)c1. The number of aromatic hydroxyl groups is 1. The van der Waals surface area contributed by atoms with Crippen LogP contribution in [0.1, 0.15) is 16.7 Å². The van der Waals surface area contributed by atoms with Crippen LogP contribution in [0.2, 0.25) is 0 Å². The highest BCUT2D eigenvalue weighted by molar-refractivity contribution is 9.10. The first-order valence-electron chi connectivity index (χ1n) is 8.51. The Morgan fingerprint density at radius 3 is 2.70 bits per heavy atom. The molecular formula is C22H17BrN2O2. The number of rotatable bonds is 3. The Labute approximate surface area is 165 Å². The van der Waals surface area contributed by atoms with E-state index in [1.165, 1.54) is 0 Å². The molecule has 0 atom stereocenters. The van der Waals surface area contributed by atoms with E-state index in [0.29, 0.717) is 15.9 Å². The predicted octanol–water partition coefficient (Wildman–Crippen LogP) is 6.33. The van der Waals surface area contributed by atoms with E-state index in [1.807, 2.05) is 68.4 Å². The van der Waals surface area contributed by atoms with Gasteiger partial charge in [-0.15, -0.1) is 0 Å². The van der Waals surface area contributed by atoms with Crippen LogP contribution in [-0.4, -0.2) is 16.3 Å². The standard InChI is InChI=1S/C22H17BrN2O2/c1-13-9-16(21(26)18(23)10-13)12-24-17-7-4-6-15(11-17)22-25-20-14(2)5-3-8-19(20)27-22/h3-12,26H,1-2H3. The Morgan fingerprint density at radius 2 is 1.89 bits per heavy atom. The normalized spacial score (nSPS) is 11.5. The molecule has 0 fully saturated rings. The van der Waals surface area contributed by atoms with Gasteiger partial charge in [0.1, 0.15) is 11.3 Å². The summed E-state index contributed by atoms with van der Waals surface area (Å²) in [5.74, 6) is 0.743. The van der Waals surface area contributed by atoms with Crippen LogP contribution in [0.3, 0.4) is 0 Å². The largest absolute Gasteiger partial charge is 0.506 e. The molecular weight excluding hydrogens is 404 g/mol. The zero-order chi connectivity index (χ0) is 19.0. The summed E-state index contributed by atoms with van der Waals surface area (Å²) in [6.07, 6.45) is 1.66. The fourth-order valence-electron chi connectivity index (χ4n) is 2.93. The fraction of sp³-hybridized carbons (Fsp3) is 0.0909. The number of nitrogens with zero attached hydrogens (tertiary/aromatic N) is 2. The lowest BCUT2D eigenvalue weighted by atomic mass is 10.1. The van der Waals surface area contributed by atoms with Crippen molar-refractivity contribution in [1.29, 1.82) is 0 Å². The number of oxazole rings is 1. The van der Waals surface area contributed by atoms with Crippen LogP contribution in [0, 0.1) is 13.8 Å². The van der Waals surface area contributed by atoms with Crippen LogP contribution in [0.4, 0.5) is 5.69 Å². The number of hydrogen-bond donors (Lipinski definition) is 1. The number of aliphatic imine (C=N–C) groups is 1. The summed E-state index contributed by atoms with van der Waals surface area (Å²) in [4.78, 5) is 9.12. The van der Waals surface area contributed by atoms with E-state index in [9.17, 15) is 5.11 Å². The maximum Gasteiger partial charge on any atom is 0.227 e. The van der Waals surface area contributed by atoms with Crippen molar-refractivity contribution < 1.29 is 9.52 Å². The van der Waals surface area contributed by atoms with Crippen molar-refractivity contribution in [2.75, 3.05) is 0 Å². The molecule has 0 amide bonds. The Morgan fingerprint density at radius 1 is 1.07 bits per heavy atom. The van der Waals surface area contributed by atoms with Gasteiger partial charge in [-0.05, 0) is 77.3 Å². The van der Waals surface area contributed by atoms with Crippen molar-refractivity contribution in [1.82, 2.24) is 4.98 Å². The Bertz CT molecular complexity index is 1180. The van der Waals surface area contributed by atoms with E-state index in [2.05, 4.69) is 25.9 Å². The van der Waals surface area contributed by atoms with E-state index >= 15 is 0 Å². The van der Waals surface area contributed by atoms with Gasteiger partial charge in [-0.3, -0.25) is 4.99 Å². The molecule has 0 saturated heterocycles. The maximum absolute atomic E-state index is 10.2. The number of aromatic nitrogens is 1. The zero-order valence-corrected chi connectivity index (χ0v) is 16.5. The van der Waals surface area contributed by atoms with Crippen molar-refractivity contribution >= 4 is 38.9 Å². The molecule has 27 heavy (non-hydrogen) atoms. The summed E-state index contributed by atoms with van der Waals surface area (Å²) in [7, 11) is 0. The molecule has 0 spiro atoms. The third-order valence-corrected chi connectivity index (χ3v) is 4.91. The first kappa shape index (κ1) is 17.5. The van der Waals surface area contributed by atoms with Crippen LogP contribution in [-0.2, 0) is 0 Å². The average Bonchev–Trinajstić information content (AvgIpc) is 3.09. The smallest absolute Gasteiger partial charge is 0.227 e. The molecule has 1 heterocycles. The number of para-hydroxylation sites is 1. The Kier molecular flexibility index (Phi) is 4.54. The van der Waals surface area contributed by atoms with Crippen LogP contribution < -0.4 is 0 Å². The van der Waals surface area contributed by atoms with E-state index in [0.717, 1.165) is 33.5 Å². The van der Waals surface area contributed by atoms with E-state index in [4.69, 9.17) is 4.42 Å². The van der Waals surface area contributed by atoms with Crippen molar-refractivity contribution in [2.24, 2.45) is 4.99 Å². The van der Waals surface area contributed by atoms with Gasteiger partial charge in [-0.2, -0.15) is 0 Å². The monoisotopic (exact) mass is 420 g/mol. The van der Waals surface area contributed by atoms with Gasteiger partial charge < -0.3 is 9.52 Å². The van der Waals surface area contributed by atoms with Gasteiger partial charge >= 0.3 is 0 Å². The summed E-state index contributed by atoms with van der Waals surface area (Å²) < 4.78 is 6.55. The molecule has 1 aromatic heterocycles. The highest BCUT2D eigenvalue weighted by Gasteiger charge is 2.10. The number of phenols is 1. The number of aryl methyl sites for hydroxylation is 2. The average molecular weight is 421 g/mol. The quantitative estimate of drug-likeness (QED) is 0.393. The minimum Gasteiger partial charge on any atom is -0.506 e. The highest BCUT2D eigenvalue weighted by atomic mass is 79.9. The van der Waals surface area contributed by atoms with E-state index in [1.54, 1.807) is 6.21 Å². The topological polar surface area (TPSA) is 58.6 Å². The first-order chi connectivity index (χ1) is 13.0. The summed E-state index contributed by atoms with van der Waals surface area (Å²) in [6, 6.07) is 17.3. The van der Waals surface area contributed by atoms with Crippen LogP contribution in [0.15, 0.2) is 68.5 Å². The van der Waals surface area contributed by atoms with Gasteiger partial charge in [0, 0.05) is 17.3 Å². The van der Waals surface area contributed by atoms with Crippen LogP contribution >= 0.6 is 15.9 Å². The molecule has 0 saturated carbocycles. The van der Waals surface area contributed by atoms with Crippen molar-refractivity contribution in [3.8, 4) is 17.2 Å². The second-order valence-corrected chi connectivity index (χ2v) is 7.29. The molecule has 134 valence electrons. The van der Waals surface area contributed by atoms with Crippen molar-refractivity contribution in [3.05, 3.63) is 75.8 Å². The maximum atomic E-state index is 10.2. The molecule has 0 aliphatic carbocycles. The number of hydrogen-bond acceptors (Lipinski definition) is 4. The van der Waals surface area contributed by atoms with Gasteiger partial charge in [-0.1, -0.05) is 18.2 Å². The molecule has 4 nitrogen and oxygen atoms in total.